The lowest BCUT2D eigenvalue weighted by atomic mass is 9.90. The molecule has 0 aliphatic heterocycles. The summed E-state index contributed by atoms with van der Waals surface area (Å²) >= 11 is 0. The molecule has 0 aromatic carbocycles. The smallest absolute Gasteiger partial charge is 0.243 e. The number of hydroxylamine groups is 1. The molecular weight excluding hydrogens is 154 g/mol. The fourth-order valence-corrected chi connectivity index (χ4v) is 0.944. The second kappa shape index (κ2) is 5.14. The Morgan fingerprint density at radius 2 is 2.00 bits per heavy atom. The Labute approximate surface area is 74.4 Å². The van der Waals surface area contributed by atoms with E-state index in [2.05, 4.69) is 31.1 Å². The zero-order chi connectivity index (χ0) is 9.61. The Morgan fingerprint density at radius 1 is 1.42 bits per heavy atom. The molecule has 0 heterocycles. The summed E-state index contributed by atoms with van der Waals surface area (Å²) in [6.45, 7) is 6.50. The molecule has 0 aliphatic rings. The number of hydrogen-bond acceptors (Lipinski definition) is 2. The maximum absolute atomic E-state index is 10.9. The third-order valence-corrected chi connectivity index (χ3v) is 1.55. The minimum Gasteiger partial charge on any atom is -0.277 e. The van der Waals surface area contributed by atoms with Crippen LogP contribution in [-0.2, 0) is 9.63 Å². The lowest BCUT2D eigenvalue weighted by Gasteiger charge is -2.17. The number of hydrogen-bond donors (Lipinski definition) is 1. The molecule has 0 radical (unpaired) electrons. The summed E-state index contributed by atoms with van der Waals surface area (Å²) in [6, 6.07) is 0. The summed E-state index contributed by atoms with van der Waals surface area (Å²) in [5.41, 5.74) is 2.61. The van der Waals surface area contributed by atoms with Gasteiger partial charge in [-0.2, -0.15) is 0 Å². The molecule has 0 spiro atoms. The topological polar surface area (TPSA) is 38.3 Å². The Bertz CT molecular complexity index is 138. The van der Waals surface area contributed by atoms with Crippen LogP contribution in [0.1, 0.15) is 40.0 Å². The van der Waals surface area contributed by atoms with Crippen molar-refractivity contribution in [1.29, 1.82) is 0 Å². The summed E-state index contributed by atoms with van der Waals surface area (Å²) in [5, 5.41) is 0. The predicted octanol–water partition coefficient (Wildman–Crippen LogP) is 1.88. The number of rotatable bonds is 4. The Morgan fingerprint density at radius 3 is 2.42 bits per heavy atom. The van der Waals surface area contributed by atoms with Gasteiger partial charge in [-0.1, -0.05) is 20.8 Å². The number of amides is 1. The highest BCUT2D eigenvalue weighted by atomic mass is 16.6. The fourth-order valence-electron chi connectivity index (χ4n) is 0.944. The van der Waals surface area contributed by atoms with Gasteiger partial charge >= 0.3 is 0 Å². The molecule has 0 saturated heterocycles. The molecule has 0 atom stereocenters. The molecule has 0 rings (SSSR count). The summed E-state index contributed by atoms with van der Waals surface area (Å²) in [5.74, 6) is -0.0400. The van der Waals surface area contributed by atoms with E-state index < -0.39 is 0 Å². The highest BCUT2D eigenvalue weighted by Crippen LogP contribution is 2.21. The van der Waals surface area contributed by atoms with Crippen molar-refractivity contribution in [3.8, 4) is 0 Å². The molecule has 72 valence electrons. The van der Waals surface area contributed by atoms with E-state index in [0.29, 0.717) is 11.8 Å². The molecular formula is C9H19NO2. The van der Waals surface area contributed by atoms with Crippen LogP contribution in [0.25, 0.3) is 0 Å². The summed E-state index contributed by atoms with van der Waals surface area (Å²) in [7, 11) is 1.45. The zero-order valence-electron chi connectivity index (χ0n) is 8.44. The van der Waals surface area contributed by atoms with Crippen LogP contribution >= 0.6 is 0 Å². The van der Waals surface area contributed by atoms with Gasteiger partial charge in [0.05, 0.1) is 7.11 Å². The van der Waals surface area contributed by atoms with E-state index in [9.17, 15) is 4.79 Å². The quantitative estimate of drug-likeness (QED) is 0.659. The van der Waals surface area contributed by atoms with Crippen molar-refractivity contribution >= 4 is 5.91 Å². The average molecular weight is 173 g/mol. The number of carbonyl (C=O) groups excluding carboxylic acids is 1. The van der Waals surface area contributed by atoms with Crippen molar-refractivity contribution in [2.45, 2.75) is 40.0 Å². The van der Waals surface area contributed by atoms with Gasteiger partial charge < -0.3 is 0 Å². The first-order valence-electron chi connectivity index (χ1n) is 4.27. The summed E-state index contributed by atoms with van der Waals surface area (Å²) < 4.78 is 0. The molecule has 0 unspecified atom stereocenters. The Kier molecular flexibility index (Phi) is 4.90. The van der Waals surface area contributed by atoms with E-state index in [4.69, 9.17) is 0 Å². The van der Waals surface area contributed by atoms with Crippen LogP contribution in [-0.4, -0.2) is 13.0 Å². The average Bonchev–Trinajstić information content (AvgIpc) is 1.84. The fraction of sp³-hybridized carbons (Fsp3) is 0.889. The van der Waals surface area contributed by atoms with Gasteiger partial charge in [0.1, 0.15) is 0 Å². The third kappa shape index (κ3) is 7.54. The highest BCUT2D eigenvalue weighted by molar-refractivity contribution is 5.74. The van der Waals surface area contributed by atoms with E-state index in [1.807, 2.05) is 0 Å². The van der Waals surface area contributed by atoms with E-state index in [1.165, 1.54) is 7.11 Å². The van der Waals surface area contributed by atoms with Crippen molar-refractivity contribution in [3.05, 3.63) is 0 Å². The third-order valence-electron chi connectivity index (χ3n) is 1.55. The van der Waals surface area contributed by atoms with Crippen LogP contribution in [0.15, 0.2) is 0 Å². The molecule has 3 heteroatoms. The molecule has 3 nitrogen and oxygen atoms in total. The minimum absolute atomic E-state index is 0.0400. The summed E-state index contributed by atoms with van der Waals surface area (Å²) in [4.78, 5) is 15.4. The molecule has 0 aromatic heterocycles. The van der Waals surface area contributed by atoms with Crippen molar-refractivity contribution in [3.63, 3.8) is 0 Å². The first kappa shape index (κ1) is 11.4. The van der Waals surface area contributed by atoms with E-state index >= 15 is 0 Å². The molecule has 0 saturated carbocycles. The van der Waals surface area contributed by atoms with Crippen molar-refractivity contribution in [1.82, 2.24) is 5.48 Å². The molecule has 0 fully saturated rings. The molecule has 12 heavy (non-hydrogen) atoms. The number of nitrogens with one attached hydrogen (secondary N) is 1. The standard InChI is InChI=1S/C9H19NO2/c1-9(2,3)7-5-6-8(11)10-12-4/h5-7H2,1-4H3,(H,10,11). The highest BCUT2D eigenvalue weighted by Gasteiger charge is 2.10. The minimum atomic E-state index is -0.0400. The molecule has 0 bridgehead atoms. The van der Waals surface area contributed by atoms with Gasteiger partial charge in [-0.25, -0.2) is 5.48 Å². The van der Waals surface area contributed by atoms with Gasteiger partial charge in [-0.15, -0.1) is 0 Å². The molecule has 1 amide bonds. The zero-order valence-corrected chi connectivity index (χ0v) is 8.44. The summed E-state index contributed by atoms with van der Waals surface area (Å²) in [6.07, 6.45) is 2.52. The monoisotopic (exact) mass is 173 g/mol. The maximum atomic E-state index is 10.9. The SMILES string of the molecule is CONC(=O)CCCC(C)(C)C. The van der Waals surface area contributed by atoms with Crippen molar-refractivity contribution in [2.24, 2.45) is 5.41 Å². The van der Waals surface area contributed by atoms with E-state index in [0.717, 1.165) is 12.8 Å². The van der Waals surface area contributed by atoms with Crippen molar-refractivity contribution in [2.75, 3.05) is 7.11 Å². The molecule has 0 aliphatic carbocycles. The van der Waals surface area contributed by atoms with Crippen LogP contribution in [0, 0.1) is 5.41 Å². The number of carbonyl (C=O) groups is 1. The first-order valence-corrected chi connectivity index (χ1v) is 4.27. The van der Waals surface area contributed by atoms with E-state index in [-0.39, 0.29) is 5.91 Å². The van der Waals surface area contributed by atoms with Gasteiger partial charge in [0.15, 0.2) is 0 Å². The Balaban J connectivity index is 3.37. The second-order valence-corrected chi connectivity index (χ2v) is 4.14. The lowest BCUT2D eigenvalue weighted by Crippen LogP contribution is -2.21. The molecule has 1 N–H and O–H groups in total. The van der Waals surface area contributed by atoms with Crippen LogP contribution in [0.3, 0.4) is 0 Å². The van der Waals surface area contributed by atoms with Crippen LogP contribution in [0.4, 0.5) is 0 Å². The van der Waals surface area contributed by atoms with Gasteiger partial charge in [0.25, 0.3) is 0 Å². The lowest BCUT2D eigenvalue weighted by molar-refractivity contribution is -0.131. The van der Waals surface area contributed by atoms with Gasteiger partial charge in [0, 0.05) is 6.42 Å². The van der Waals surface area contributed by atoms with E-state index in [1.54, 1.807) is 0 Å². The van der Waals surface area contributed by atoms with Gasteiger partial charge in [-0.05, 0) is 18.3 Å². The van der Waals surface area contributed by atoms with Gasteiger partial charge in [0.2, 0.25) is 5.91 Å². The van der Waals surface area contributed by atoms with Crippen LogP contribution < -0.4 is 5.48 Å². The molecule has 0 aromatic rings. The van der Waals surface area contributed by atoms with Crippen LogP contribution in [0.5, 0.6) is 0 Å². The maximum Gasteiger partial charge on any atom is 0.243 e. The normalized spacial score (nSPS) is 11.3. The second-order valence-electron chi connectivity index (χ2n) is 4.14. The van der Waals surface area contributed by atoms with Crippen LogP contribution in [0.2, 0.25) is 0 Å². The van der Waals surface area contributed by atoms with Crippen molar-refractivity contribution < 1.29 is 9.63 Å². The first-order chi connectivity index (χ1) is 5.45. The predicted molar refractivity (Wildman–Crippen MR) is 48.5 cm³/mol. The largest absolute Gasteiger partial charge is 0.277 e. The Hall–Kier alpha value is -0.570. The van der Waals surface area contributed by atoms with Gasteiger partial charge in [-0.3, -0.25) is 9.63 Å².